The Bertz CT molecular complexity index is 948. The zero-order valence-corrected chi connectivity index (χ0v) is 23.7. The van der Waals surface area contributed by atoms with Crippen molar-refractivity contribution in [1.82, 2.24) is 10.6 Å². The highest BCUT2D eigenvalue weighted by atomic mass is 16.7. The van der Waals surface area contributed by atoms with Gasteiger partial charge in [0.25, 0.3) is 0 Å². The van der Waals surface area contributed by atoms with Crippen molar-refractivity contribution in [3.8, 4) is 0 Å². The van der Waals surface area contributed by atoms with Crippen LogP contribution in [0.1, 0.15) is 62.3 Å². The number of ether oxygens (including phenoxy) is 6. The number of carbonyl (C=O) groups excluding carboxylic acids is 3. The summed E-state index contributed by atoms with van der Waals surface area (Å²) < 4.78 is 32.5. The van der Waals surface area contributed by atoms with Gasteiger partial charge in [0.1, 0.15) is 29.5 Å². The Kier molecular flexibility index (Phi) is 9.78. The third kappa shape index (κ3) is 9.44. The van der Waals surface area contributed by atoms with Gasteiger partial charge in [-0.2, -0.15) is 0 Å². The molecule has 1 fully saturated rings. The number of amides is 2. The third-order valence-electron chi connectivity index (χ3n) is 5.33. The van der Waals surface area contributed by atoms with Gasteiger partial charge in [-0.05, 0) is 61.5 Å². The molecular weight excluding hydrogens is 502 g/mol. The number of carbonyl (C=O) groups is 3. The Labute approximate surface area is 223 Å². The topological polar surface area (TPSA) is 163 Å². The molecule has 0 radical (unpaired) electrons. The van der Waals surface area contributed by atoms with Crippen LogP contribution in [0.25, 0.3) is 0 Å². The quantitative estimate of drug-likeness (QED) is 0.206. The van der Waals surface area contributed by atoms with Crippen LogP contribution in [0.3, 0.4) is 0 Å². The molecule has 0 aromatic carbocycles. The van der Waals surface area contributed by atoms with Gasteiger partial charge in [0, 0.05) is 5.92 Å². The summed E-state index contributed by atoms with van der Waals surface area (Å²) in [7, 11) is 1.19. The summed E-state index contributed by atoms with van der Waals surface area (Å²) in [6.45, 7) is 15.3. The second-order valence-corrected chi connectivity index (χ2v) is 11.6. The Hall–Kier alpha value is -2.90. The standard InChI is InChI=1S/C25H41N3O10/c1-13-14(26-20(27-21(31)37-23(2,3)4)28-22(32)38-24(5,6)7)11-15(19(30)33-10)35-18(13)17(29)16-12-34-25(8,9)36-16/h11,13-14,16-18,29H,12H2,1-10H3,(H2,26,27,28,31,32)/t13-,14+,16-,17-,18-/m1/s1. The predicted molar refractivity (Wildman–Crippen MR) is 135 cm³/mol. The normalized spacial score (nSPS) is 26.4. The molecule has 2 aliphatic rings. The van der Waals surface area contributed by atoms with Crippen molar-refractivity contribution in [1.29, 1.82) is 0 Å². The van der Waals surface area contributed by atoms with Gasteiger partial charge in [-0.3, -0.25) is 5.32 Å². The van der Waals surface area contributed by atoms with Crippen LogP contribution in [0, 0.1) is 5.92 Å². The number of aliphatic hydroxyl groups is 1. The molecule has 0 bridgehead atoms. The molecular formula is C25H41N3O10. The zero-order valence-electron chi connectivity index (χ0n) is 23.7. The summed E-state index contributed by atoms with van der Waals surface area (Å²) >= 11 is 0. The minimum atomic E-state index is -1.20. The van der Waals surface area contributed by atoms with Crippen molar-refractivity contribution in [3.05, 3.63) is 11.8 Å². The van der Waals surface area contributed by atoms with Crippen molar-refractivity contribution in [2.45, 2.75) is 104 Å². The maximum absolute atomic E-state index is 12.5. The summed E-state index contributed by atoms with van der Waals surface area (Å²) in [5, 5.41) is 16.5. The lowest BCUT2D eigenvalue weighted by Gasteiger charge is -2.39. The number of nitrogens with zero attached hydrogens (tertiary/aromatic N) is 1. The van der Waals surface area contributed by atoms with Crippen molar-refractivity contribution < 1.29 is 47.9 Å². The number of aliphatic imine (C=N–C) groups is 1. The van der Waals surface area contributed by atoms with Gasteiger partial charge < -0.3 is 38.8 Å². The molecule has 13 heteroatoms. The SMILES string of the molecule is COC(=O)C1=C[C@H](N/C(=N/C(=O)OC(C)(C)C)NC(=O)OC(C)(C)C)[C@@H](C)[C@H]([C@H](O)[C@H]2COC(C)(C)O2)O1. The average molecular weight is 544 g/mol. The molecule has 0 saturated carbocycles. The third-order valence-corrected chi connectivity index (χ3v) is 5.33. The van der Waals surface area contributed by atoms with Gasteiger partial charge in [-0.1, -0.05) is 6.92 Å². The zero-order chi connectivity index (χ0) is 29.1. The van der Waals surface area contributed by atoms with Crippen LogP contribution in [0.5, 0.6) is 0 Å². The molecule has 38 heavy (non-hydrogen) atoms. The Morgan fingerprint density at radius 1 is 1.13 bits per heavy atom. The first-order valence-electron chi connectivity index (χ1n) is 12.3. The van der Waals surface area contributed by atoms with Gasteiger partial charge >= 0.3 is 18.2 Å². The van der Waals surface area contributed by atoms with Crippen molar-refractivity contribution in [3.63, 3.8) is 0 Å². The molecule has 0 aromatic rings. The van der Waals surface area contributed by atoms with E-state index in [-0.39, 0.29) is 18.3 Å². The van der Waals surface area contributed by atoms with Gasteiger partial charge in [-0.15, -0.1) is 4.99 Å². The van der Waals surface area contributed by atoms with Crippen molar-refractivity contribution in [2.75, 3.05) is 13.7 Å². The van der Waals surface area contributed by atoms with E-state index < -0.39 is 65.4 Å². The predicted octanol–water partition coefficient (Wildman–Crippen LogP) is 2.36. The fraction of sp³-hybridized carbons (Fsp3) is 0.760. The average Bonchev–Trinajstić information content (AvgIpc) is 3.10. The second kappa shape index (κ2) is 11.9. The highest BCUT2D eigenvalue weighted by molar-refractivity contribution is 5.99. The minimum Gasteiger partial charge on any atom is -0.480 e. The first kappa shape index (κ1) is 31.3. The molecule has 13 nitrogen and oxygen atoms in total. The van der Waals surface area contributed by atoms with E-state index >= 15 is 0 Å². The van der Waals surface area contributed by atoms with Crippen LogP contribution in [-0.2, 0) is 33.2 Å². The molecule has 0 aromatic heterocycles. The number of rotatable bonds is 4. The van der Waals surface area contributed by atoms with Gasteiger partial charge in [-0.25, -0.2) is 14.4 Å². The van der Waals surface area contributed by atoms with E-state index in [1.807, 2.05) is 0 Å². The number of nitrogens with one attached hydrogen (secondary N) is 2. The Morgan fingerprint density at radius 2 is 1.74 bits per heavy atom. The fourth-order valence-electron chi connectivity index (χ4n) is 3.71. The monoisotopic (exact) mass is 543 g/mol. The second-order valence-electron chi connectivity index (χ2n) is 11.6. The summed E-state index contributed by atoms with van der Waals surface area (Å²) in [6, 6.07) is -0.774. The van der Waals surface area contributed by atoms with Crippen LogP contribution in [0.2, 0.25) is 0 Å². The largest absolute Gasteiger partial charge is 0.480 e. The molecule has 2 heterocycles. The molecule has 2 amide bonds. The first-order valence-corrected chi connectivity index (χ1v) is 12.3. The Morgan fingerprint density at radius 3 is 2.24 bits per heavy atom. The maximum Gasteiger partial charge on any atom is 0.437 e. The highest BCUT2D eigenvalue weighted by Gasteiger charge is 2.46. The van der Waals surface area contributed by atoms with Crippen LogP contribution >= 0.6 is 0 Å². The molecule has 0 spiro atoms. The number of methoxy groups -OCH3 is 1. The fourth-order valence-corrected chi connectivity index (χ4v) is 3.71. The molecule has 2 rings (SSSR count). The van der Waals surface area contributed by atoms with E-state index in [0.29, 0.717) is 0 Å². The molecule has 2 aliphatic heterocycles. The maximum atomic E-state index is 12.5. The van der Waals surface area contributed by atoms with E-state index in [0.717, 1.165) is 0 Å². The number of esters is 1. The van der Waals surface area contributed by atoms with Crippen LogP contribution in [0.4, 0.5) is 9.59 Å². The van der Waals surface area contributed by atoms with Gasteiger partial charge in [0.2, 0.25) is 11.7 Å². The Balaban J connectivity index is 2.37. The summed E-state index contributed by atoms with van der Waals surface area (Å²) in [5.41, 5.74) is -1.66. The van der Waals surface area contributed by atoms with Crippen molar-refractivity contribution >= 4 is 24.1 Å². The lowest BCUT2D eigenvalue weighted by Crippen LogP contribution is -2.56. The van der Waals surface area contributed by atoms with E-state index in [4.69, 9.17) is 28.4 Å². The number of alkyl carbamates (subject to hydrolysis) is 1. The highest BCUT2D eigenvalue weighted by Crippen LogP contribution is 2.32. The van der Waals surface area contributed by atoms with Crippen LogP contribution in [-0.4, -0.2) is 84.3 Å². The summed E-state index contributed by atoms with van der Waals surface area (Å²) in [5.74, 6) is -2.68. The van der Waals surface area contributed by atoms with E-state index in [1.54, 1.807) is 62.3 Å². The lowest BCUT2D eigenvalue weighted by molar-refractivity contribution is -0.171. The van der Waals surface area contributed by atoms with Crippen LogP contribution < -0.4 is 10.6 Å². The van der Waals surface area contributed by atoms with Gasteiger partial charge in [0.05, 0.1) is 19.8 Å². The molecule has 3 N–H and O–H groups in total. The van der Waals surface area contributed by atoms with Crippen LogP contribution in [0.15, 0.2) is 16.8 Å². The lowest BCUT2D eigenvalue weighted by atomic mass is 9.87. The number of aliphatic hydroxyl groups excluding tert-OH is 1. The number of hydrogen-bond donors (Lipinski definition) is 3. The molecule has 5 atom stereocenters. The summed E-state index contributed by atoms with van der Waals surface area (Å²) in [4.78, 5) is 41.2. The number of guanidine groups is 1. The van der Waals surface area contributed by atoms with Crippen molar-refractivity contribution in [2.24, 2.45) is 10.9 Å². The number of hydrogen-bond acceptors (Lipinski definition) is 10. The molecule has 0 aliphatic carbocycles. The first-order chi connectivity index (χ1) is 17.3. The molecule has 1 saturated heterocycles. The smallest absolute Gasteiger partial charge is 0.437 e. The molecule has 0 unspecified atom stereocenters. The molecule has 216 valence electrons. The van der Waals surface area contributed by atoms with E-state index in [1.165, 1.54) is 13.2 Å². The van der Waals surface area contributed by atoms with E-state index in [2.05, 4.69) is 15.6 Å². The minimum absolute atomic E-state index is 0.113. The van der Waals surface area contributed by atoms with E-state index in [9.17, 15) is 19.5 Å². The van der Waals surface area contributed by atoms with Gasteiger partial charge in [0.15, 0.2) is 5.79 Å². The summed E-state index contributed by atoms with van der Waals surface area (Å²) in [6.07, 6.45) is -3.32.